The van der Waals surface area contributed by atoms with Gasteiger partial charge in [-0.3, -0.25) is 4.79 Å². The molecule has 29 heavy (non-hydrogen) atoms. The number of hydrogen-bond acceptors (Lipinski definition) is 3. The summed E-state index contributed by atoms with van der Waals surface area (Å²) >= 11 is 6.36. The topological polar surface area (TPSA) is 49.8 Å². The van der Waals surface area contributed by atoms with Crippen LogP contribution in [0.25, 0.3) is 6.08 Å². The molecule has 1 N–H and O–H groups in total. The van der Waals surface area contributed by atoms with Gasteiger partial charge in [-0.05, 0) is 55.7 Å². The van der Waals surface area contributed by atoms with E-state index in [0.717, 1.165) is 22.3 Å². The van der Waals surface area contributed by atoms with Gasteiger partial charge in [-0.25, -0.2) is 0 Å². The highest BCUT2D eigenvalue weighted by Crippen LogP contribution is 2.33. The molecule has 1 amide bonds. The lowest BCUT2D eigenvalue weighted by atomic mass is 9.98. The number of phenolic OH excluding ortho intramolecular Hbond substituents is 1. The molecular formula is C24H24ClNO3. The molecule has 0 atom stereocenters. The maximum atomic E-state index is 12.8. The van der Waals surface area contributed by atoms with E-state index < -0.39 is 0 Å². The van der Waals surface area contributed by atoms with Crippen LogP contribution in [0, 0.1) is 19.3 Å². The Balaban J connectivity index is 1.87. The molecule has 2 aromatic carbocycles. The second-order valence-corrected chi connectivity index (χ2v) is 7.62. The van der Waals surface area contributed by atoms with E-state index in [0.29, 0.717) is 43.3 Å². The number of carbonyl (C=O) groups excluding carboxylic acids is 1. The third-order valence-electron chi connectivity index (χ3n) is 5.05. The first-order valence-corrected chi connectivity index (χ1v) is 9.90. The minimum absolute atomic E-state index is 0.0545. The van der Waals surface area contributed by atoms with Gasteiger partial charge in [0.25, 0.3) is 5.91 Å². The average molecular weight is 410 g/mol. The SMILES string of the molecule is C#Cc1ccc(/C=C(\C)Cc2c(Cl)ccc(C(=O)N3CCOCC3)c2O)c(C)c1. The Morgan fingerprint density at radius 3 is 2.69 bits per heavy atom. The van der Waals surface area contributed by atoms with Crippen LogP contribution in [0.15, 0.2) is 35.9 Å². The van der Waals surface area contributed by atoms with Crippen molar-refractivity contribution in [1.82, 2.24) is 4.90 Å². The Labute approximate surface area is 176 Å². The smallest absolute Gasteiger partial charge is 0.257 e. The molecule has 1 saturated heterocycles. The molecule has 0 unspecified atom stereocenters. The summed E-state index contributed by atoms with van der Waals surface area (Å²) < 4.78 is 5.30. The van der Waals surface area contributed by atoms with Crippen molar-refractivity contribution in [2.75, 3.05) is 26.3 Å². The molecule has 3 rings (SSSR count). The highest BCUT2D eigenvalue weighted by Gasteiger charge is 2.23. The van der Waals surface area contributed by atoms with Crippen molar-refractivity contribution in [3.05, 3.63) is 68.7 Å². The highest BCUT2D eigenvalue weighted by molar-refractivity contribution is 6.31. The predicted octanol–water partition coefficient (Wildman–Crippen LogP) is 4.45. The van der Waals surface area contributed by atoms with Gasteiger partial charge >= 0.3 is 0 Å². The number of benzene rings is 2. The number of amides is 1. The second kappa shape index (κ2) is 9.17. The predicted molar refractivity (Wildman–Crippen MR) is 116 cm³/mol. The van der Waals surface area contributed by atoms with Crippen LogP contribution in [0.2, 0.25) is 5.02 Å². The molecule has 5 heteroatoms. The summed E-state index contributed by atoms with van der Waals surface area (Å²) in [6.07, 6.45) is 7.93. The van der Waals surface area contributed by atoms with Crippen molar-refractivity contribution in [3.8, 4) is 18.1 Å². The normalized spacial score (nSPS) is 14.6. The van der Waals surface area contributed by atoms with E-state index in [1.165, 1.54) is 0 Å². The van der Waals surface area contributed by atoms with Crippen molar-refractivity contribution in [2.24, 2.45) is 0 Å². The Kier molecular flexibility index (Phi) is 6.64. The summed E-state index contributed by atoms with van der Waals surface area (Å²) in [4.78, 5) is 14.5. The van der Waals surface area contributed by atoms with Crippen LogP contribution in [0.1, 0.15) is 39.5 Å². The Bertz CT molecular complexity index is 998. The van der Waals surface area contributed by atoms with Crippen LogP contribution in [0.5, 0.6) is 5.75 Å². The van der Waals surface area contributed by atoms with Crippen LogP contribution in [-0.4, -0.2) is 42.2 Å². The number of allylic oxidation sites excluding steroid dienone is 1. The maximum absolute atomic E-state index is 12.8. The number of carbonyl (C=O) groups is 1. The first-order chi connectivity index (χ1) is 13.9. The second-order valence-electron chi connectivity index (χ2n) is 7.21. The molecule has 1 aliphatic heterocycles. The lowest BCUT2D eigenvalue weighted by Gasteiger charge is -2.27. The summed E-state index contributed by atoms with van der Waals surface area (Å²) in [6, 6.07) is 9.10. The molecule has 0 radical (unpaired) electrons. The number of ether oxygens (including phenoxy) is 1. The number of aryl methyl sites for hydroxylation is 1. The quantitative estimate of drug-likeness (QED) is 0.759. The summed E-state index contributed by atoms with van der Waals surface area (Å²) in [5, 5.41) is 11.2. The molecule has 1 fully saturated rings. The van der Waals surface area contributed by atoms with Gasteiger partial charge in [0.05, 0.1) is 18.8 Å². The fourth-order valence-corrected chi connectivity index (χ4v) is 3.63. The van der Waals surface area contributed by atoms with Gasteiger partial charge in [0, 0.05) is 29.2 Å². The van der Waals surface area contributed by atoms with E-state index in [9.17, 15) is 9.90 Å². The van der Waals surface area contributed by atoms with E-state index in [-0.39, 0.29) is 17.2 Å². The summed E-state index contributed by atoms with van der Waals surface area (Å²) in [7, 11) is 0. The number of rotatable bonds is 4. The fraction of sp³-hybridized carbons (Fsp3) is 0.292. The maximum Gasteiger partial charge on any atom is 0.257 e. The summed E-state index contributed by atoms with van der Waals surface area (Å²) in [5.74, 6) is 2.37. The molecule has 0 aliphatic carbocycles. The number of nitrogens with zero attached hydrogens (tertiary/aromatic N) is 1. The lowest BCUT2D eigenvalue weighted by Crippen LogP contribution is -2.40. The van der Waals surface area contributed by atoms with Crippen molar-refractivity contribution in [1.29, 1.82) is 0 Å². The van der Waals surface area contributed by atoms with E-state index >= 15 is 0 Å². The average Bonchev–Trinajstić information content (AvgIpc) is 2.73. The molecular weight excluding hydrogens is 386 g/mol. The molecule has 4 nitrogen and oxygen atoms in total. The first-order valence-electron chi connectivity index (χ1n) is 9.52. The van der Waals surface area contributed by atoms with E-state index in [2.05, 4.69) is 5.92 Å². The fourth-order valence-electron chi connectivity index (χ4n) is 3.41. The lowest BCUT2D eigenvalue weighted by molar-refractivity contribution is 0.0301. The van der Waals surface area contributed by atoms with Crippen LogP contribution in [0.4, 0.5) is 0 Å². The molecule has 2 aromatic rings. The standard InChI is InChI=1S/C24H24ClNO3/c1-4-18-5-6-19(17(3)15-18)13-16(2)14-21-22(25)8-7-20(23(21)27)24(28)26-9-11-29-12-10-26/h1,5-8,13,15,27H,9-12,14H2,2-3H3/b16-13+. The van der Waals surface area contributed by atoms with Crippen LogP contribution >= 0.6 is 11.6 Å². The van der Waals surface area contributed by atoms with Crippen molar-refractivity contribution < 1.29 is 14.6 Å². The Morgan fingerprint density at radius 2 is 2.03 bits per heavy atom. The van der Waals surface area contributed by atoms with Gasteiger partial charge in [-0.2, -0.15) is 0 Å². The Hall–Kier alpha value is -2.74. The third-order valence-corrected chi connectivity index (χ3v) is 5.40. The van der Waals surface area contributed by atoms with Gasteiger partial charge in [-0.1, -0.05) is 35.2 Å². The summed E-state index contributed by atoms with van der Waals surface area (Å²) in [5.41, 5.74) is 4.80. The van der Waals surface area contributed by atoms with Gasteiger partial charge in [0.2, 0.25) is 0 Å². The largest absolute Gasteiger partial charge is 0.507 e. The Morgan fingerprint density at radius 1 is 1.31 bits per heavy atom. The number of halogens is 1. The monoisotopic (exact) mass is 409 g/mol. The minimum atomic E-state index is -0.203. The molecule has 1 aliphatic rings. The van der Waals surface area contributed by atoms with Gasteiger partial charge < -0.3 is 14.7 Å². The van der Waals surface area contributed by atoms with Crippen molar-refractivity contribution in [3.63, 3.8) is 0 Å². The highest BCUT2D eigenvalue weighted by atomic mass is 35.5. The van der Waals surface area contributed by atoms with Crippen LogP contribution in [-0.2, 0) is 11.2 Å². The zero-order valence-corrected chi connectivity index (χ0v) is 17.4. The molecule has 150 valence electrons. The van der Waals surface area contributed by atoms with Crippen molar-refractivity contribution in [2.45, 2.75) is 20.3 Å². The third kappa shape index (κ3) is 4.82. The van der Waals surface area contributed by atoms with Gasteiger partial charge in [0.1, 0.15) is 5.75 Å². The van der Waals surface area contributed by atoms with E-state index in [4.69, 9.17) is 22.8 Å². The number of hydrogen-bond donors (Lipinski definition) is 1. The molecule has 0 saturated carbocycles. The number of morpholine rings is 1. The van der Waals surface area contributed by atoms with Crippen LogP contribution < -0.4 is 0 Å². The summed E-state index contributed by atoms with van der Waals surface area (Å²) in [6.45, 7) is 6.02. The van der Waals surface area contributed by atoms with Gasteiger partial charge in [0.15, 0.2) is 0 Å². The first kappa shape index (κ1) is 21.0. The van der Waals surface area contributed by atoms with Crippen LogP contribution in [0.3, 0.4) is 0 Å². The molecule has 0 spiro atoms. The van der Waals surface area contributed by atoms with E-state index in [1.807, 2.05) is 38.1 Å². The minimum Gasteiger partial charge on any atom is -0.507 e. The van der Waals surface area contributed by atoms with Crippen molar-refractivity contribution >= 4 is 23.6 Å². The number of phenols is 1. The molecule has 0 aromatic heterocycles. The molecule has 1 heterocycles. The van der Waals surface area contributed by atoms with E-state index in [1.54, 1.807) is 17.0 Å². The zero-order valence-electron chi connectivity index (χ0n) is 16.7. The zero-order chi connectivity index (χ0) is 21.0. The van der Waals surface area contributed by atoms with Gasteiger partial charge in [-0.15, -0.1) is 6.42 Å². The number of aromatic hydroxyl groups is 1. The number of terminal acetylenes is 1. The molecule has 0 bridgehead atoms.